The predicted octanol–water partition coefficient (Wildman–Crippen LogP) is 14.5. The lowest BCUT2D eigenvalue weighted by atomic mass is 10.0. The Labute approximate surface area is 385 Å². The molecule has 368 valence electrons. The van der Waals surface area contributed by atoms with Crippen molar-refractivity contribution in [3.05, 3.63) is 48.6 Å². The maximum atomic E-state index is 12.6. The van der Waals surface area contributed by atoms with Gasteiger partial charge in [0.15, 0.2) is 6.10 Å². The van der Waals surface area contributed by atoms with E-state index in [-0.39, 0.29) is 19.4 Å². The summed E-state index contributed by atoms with van der Waals surface area (Å²) in [7, 11) is -4.64. The predicted molar refractivity (Wildman–Crippen MR) is 261 cm³/mol. The van der Waals surface area contributed by atoms with Gasteiger partial charge in [-0.3, -0.25) is 18.6 Å². The molecule has 0 aromatic heterocycles. The molecule has 0 spiro atoms. The Morgan fingerprint density at radius 2 is 0.841 bits per heavy atom. The number of carbonyl (C=O) groups is 2. The zero-order valence-corrected chi connectivity index (χ0v) is 41.2. The van der Waals surface area contributed by atoms with Crippen LogP contribution in [-0.4, -0.2) is 65.7 Å². The van der Waals surface area contributed by atoms with Crippen LogP contribution in [0.1, 0.15) is 232 Å². The molecule has 63 heavy (non-hydrogen) atoms. The molecule has 0 amide bonds. The maximum Gasteiger partial charge on any atom is 0.472 e. The summed E-state index contributed by atoms with van der Waals surface area (Å²) < 4.78 is 32.7. The molecule has 3 atom stereocenters. The lowest BCUT2D eigenvalue weighted by Gasteiger charge is -2.20. The van der Waals surface area contributed by atoms with Crippen LogP contribution >= 0.6 is 7.82 Å². The first-order chi connectivity index (χ1) is 30.7. The molecular weight excluding hydrogens is 816 g/mol. The Balaban J connectivity index is 4.27. The van der Waals surface area contributed by atoms with Crippen LogP contribution in [0.4, 0.5) is 0 Å². The lowest BCUT2D eigenvalue weighted by molar-refractivity contribution is -0.161. The minimum absolute atomic E-state index is 0.112. The molecule has 10 nitrogen and oxygen atoms in total. The van der Waals surface area contributed by atoms with Crippen LogP contribution in [0.2, 0.25) is 0 Å². The Morgan fingerprint density at radius 1 is 0.476 bits per heavy atom. The summed E-state index contributed by atoms with van der Waals surface area (Å²) in [6.45, 7) is 2.32. The molecule has 0 fully saturated rings. The van der Waals surface area contributed by atoms with Gasteiger partial charge in [0.25, 0.3) is 0 Å². The van der Waals surface area contributed by atoms with Gasteiger partial charge in [0, 0.05) is 12.8 Å². The third-order valence-electron chi connectivity index (χ3n) is 10.9. The van der Waals surface area contributed by atoms with E-state index in [0.717, 1.165) is 38.5 Å². The van der Waals surface area contributed by atoms with E-state index in [1.54, 1.807) is 0 Å². The smallest absolute Gasteiger partial charge is 0.462 e. The summed E-state index contributed by atoms with van der Waals surface area (Å²) >= 11 is 0. The van der Waals surface area contributed by atoms with Crippen molar-refractivity contribution in [2.75, 3.05) is 26.4 Å². The molecular formula is C52H95O10P. The largest absolute Gasteiger partial charge is 0.472 e. The van der Waals surface area contributed by atoms with Crippen molar-refractivity contribution in [3.8, 4) is 0 Å². The number of rotatable bonds is 48. The van der Waals surface area contributed by atoms with Crippen LogP contribution in [0.3, 0.4) is 0 Å². The third-order valence-corrected chi connectivity index (χ3v) is 11.9. The first kappa shape index (κ1) is 60.9. The van der Waals surface area contributed by atoms with Gasteiger partial charge in [-0.05, 0) is 70.6 Å². The number of phosphoric ester groups is 1. The van der Waals surface area contributed by atoms with Gasteiger partial charge in [-0.2, -0.15) is 0 Å². The summed E-state index contributed by atoms with van der Waals surface area (Å²) in [5, 5.41) is 18.4. The van der Waals surface area contributed by atoms with Crippen LogP contribution in [0, 0.1) is 0 Å². The normalized spacial score (nSPS) is 14.0. The number of aliphatic hydroxyl groups is 2. The van der Waals surface area contributed by atoms with Crippen LogP contribution in [0.15, 0.2) is 48.6 Å². The molecule has 0 aromatic rings. The van der Waals surface area contributed by atoms with Crippen molar-refractivity contribution in [2.45, 2.75) is 244 Å². The highest BCUT2D eigenvalue weighted by Gasteiger charge is 2.27. The third kappa shape index (κ3) is 47.7. The zero-order valence-electron chi connectivity index (χ0n) is 40.3. The molecule has 0 saturated heterocycles. The Bertz CT molecular complexity index is 1190. The number of esters is 2. The van der Waals surface area contributed by atoms with Gasteiger partial charge < -0.3 is 24.6 Å². The number of unbranched alkanes of at least 4 members (excludes halogenated alkanes) is 26. The SMILES string of the molecule is CCCCCCCCCCC/C=C/C/C=C/CCCC(=O)O[C@@H](COC(=O)CCC/C=C/CC/C=C/CCCCCCCCCCCCCCCC)COP(=O)(O)OC[C@H](O)CO. The molecule has 0 aliphatic rings. The van der Waals surface area contributed by atoms with E-state index in [1.165, 1.54) is 148 Å². The zero-order chi connectivity index (χ0) is 46.2. The molecule has 1 unspecified atom stereocenters. The van der Waals surface area contributed by atoms with Gasteiger partial charge >= 0.3 is 19.8 Å². The second kappa shape index (κ2) is 47.9. The molecule has 0 aliphatic carbocycles. The highest BCUT2D eigenvalue weighted by molar-refractivity contribution is 7.47. The average Bonchev–Trinajstić information content (AvgIpc) is 3.27. The summed E-state index contributed by atoms with van der Waals surface area (Å²) in [6.07, 6.45) is 53.9. The fourth-order valence-electron chi connectivity index (χ4n) is 7.00. The van der Waals surface area contributed by atoms with Crippen LogP contribution in [-0.2, 0) is 32.7 Å². The quantitative estimate of drug-likeness (QED) is 0.0233. The molecule has 0 bridgehead atoms. The molecule has 0 saturated carbocycles. The minimum Gasteiger partial charge on any atom is -0.462 e. The highest BCUT2D eigenvalue weighted by atomic mass is 31.2. The van der Waals surface area contributed by atoms with Gasteiger partial charge in [-0.25, -0.2) is 4.57 Å². The molecule has 0 aromatic carbocycles. The van der Waals surface area contributed by atoms with Crippen molar-refractivity contribution in [1.29, 1.82) is 0 Å². The highest BCUT2D eigenvalue weighted by Crippen LogP contribution is 2.43. The van der Waals surface area contributed by atoms with E-state index >= 15 is 0 Å². The second-order valence-corrected chi connectivity index (χ2v) is 18.6. The molecule has 0 aliphatic heterocycles. The molecule has 0 heterocycles. The van der Waals surface area contributed by atoms with Crippen LogP contribution in [0.25, 0.3) is 0 Å². The minimum atomic E-state index is -4.64. The topological polar surface area (TPSA) is 149 Å². The van der Waals surface area contributed by atoms with E-state index in [1.807, 2.05) is 6.08 Å². The van der Waals surface area contributed by atoms with Crippen molar-refractivity contribution < 1.29 is 47.8 Å². The molecule has 3 N–H and O–H groups in total. The number of carbonyl (C=O) groups excluding carboxylic acids is 2. The standard InChI is InChI=1S/C52H95O10P/c1-3-5-7-9-11-13-15-17-19-21-22-23-24-25-26-28-29-31-33-35-37-39-41-43-51(55)59-47-50(48-61-63(57,58)60-46-49(54)45-53)62-52(56)44-42-40-38-36-34-32-30-27-20-18-16-14-12-10-8-6-4-2/h28-30,32,35-38,49-50,53-54H,3-27,31,33-34,39-48H2,1-2H3,(H,57,58)/b29-28+,32-30+,37-35+,38-36+/t49-,50+/m1/s1. The Hall–Kier alpha value is -2.07. The lowest BCUT2D eigenvalue weighted by Crippen LogP contribution is -2.29. The first-order valence-electron chi connectivity index (χ1n) is 25.6. The van der Waals surface area contributed by atoms with Gasteiger partial charge in [0.1, 0.15) is 12.7 Å². The summed E-state index contributed by atoms with van der Waals surface area (Å²) in [5.41, 5.74) is 0. The molecule has 0 radical (unpaired) electrons. The number of hydrogen-bond acceptors (Lipinski definition) is 9. The van der Waals surface area contributed by atoms with Crippen molar-refractivity contribution in [2.24, 2.45) is 0 Å². The van der Waals surface area contributed by atoms with E-state index in [4.69, 9.17) is 23.6 Å². The van der Waals surface area contributed by atoms with Crippen molar-refractivity contribution in [1.82, 2.24) is 0 Å². The average molecular weight is 911 g/mol. The van der Waals surface area contributed by atoms with Crippen molar-refractivity contribution in [3.63, 3.8) is 0 Å². The number of aliphatic hydroxyl groups excluding tert-OH is 2. The summed E-state index contributed by atoms with van der Waals surface area (Å²) in [4.78, 5) is 35.1. The summed E-state index contributed by atoms with van der Waals surface area (Å²) in [6, 6.07) is 0. The van der Waals surface area contributed by atoms with Gasteiger partial charge in [0.05, 0.1) is 19.8 Å². The fourth-order valence-corrected chi connectivity index (χ4v) is 7.78. The molecule has 0 rings (SSSR count). The van der Waals surface area contributed by atoms with E-state index in [0.29, 0.717) is 19.3 Å². The van der Waals surface area contributed by atoms with E-state index in [2.05, 4.69) is 56.4 Å². The number of phosphoric acid groups is 1. The number of allylic oxidation sites excluding steroid dienone is 8. The Kier molecular flexibility index (Phi) is 46.3. The van der Waals surface area contributed by atoms with Gasteiger partial charge in [0.2, 0.25) is 0 Å². The second-order valence-electron chi connectivity index (χ2n) is 17.2. The van der Waals surface area contributed by atoms with Gasteiger partial charge in [-0.15, -0.1) is 0 Å². The van der Waals surface area contributed by atoms with Gasteiger partial charge in [-0.1, -0.05) is 197 Å². The van der Waals surface area contributed by atoms with Crippen LogP contribution < -0.4 is 0 Å². The fraction of sp³-hybridized carbons (Fsp3) is 0.808. The van der Waals surface area contributed by atoms with Crippen LogP contribution in [0.5, 0.6) is 0 Å². The number of hydrogen-bond donors (Lipinski definition) is 3. The van der Waals surface area contributed by atoms with E-state index in [9.17, 15) is 24.2 Å². The monoisotopic (exact) mass is 911 g/mol. The Morgan fingerprint density at radius 3 is 1.29 bits per heavy atom. The number of ether oxygens (including phenoxy) is 2. The maximum absolute atomic E-state index is 12.6. The van der Waals surface area contributed by atoms with Crippen molar-refractivity contribution >= 4 is 19.8 Å². The first-order valence-corrected chi connectivity index (χ1v) is 27.1. The molecule has 11 heteroatoms. The summed E-state index contributed by atoms with van der Waals surface area (Å²) in [5.74, 6) is -1.02. The van der Waals surface area contributed by atoms with E-state index < -0.39 is 51.8 Å².